The first-order chi connectivity index (χ1) is 5.74. The molecule has 0 nitrogen and oxygen atoms in total. The molecule has 0 saturated heterocycles. The largest absolute Gasteiger partial charge is 0.127 e. The van der Waals surface area contributed by atoms with Gasteiger partial charge in [-0.3, -0.25) is 0 Å². The van der Waals surface area contributed by atoms with Crippen molar-refractivity contribution < 1.29 is 0 Å². The minimum atomic E-state index is 0.754. The summed E-state index contributed by atoms with van der Waals surface area (Å²) in [5.74, 6) is 0.754. The number of benzene rings is 1. The van der Waals surface area contributed by atoms with Crippen LogP contribution in [0.1, 0.15) is 17.5 Å². The highest BCUT2D eigenvalue weighted by atomic mass is 127. The average Bonchev–Trinajstić information content (AvgIpc) is 2.07. The Morgan fingerprint density at radius 3 is 2.75 bits per heavy atom. The fourth-order valence-electron chi connectivity index (χ4n) is 1.06. The SMILES string of the molecule is Cc1ccc(CCCCl)cc1I. The van der Waals surface area contributed by atoms with Gasteiger partial charge in [-0.05, 0) is 59.5 Å². The van der Waals surface area contributed by atoms with Gasteiger partial charge in [0, 0.05) is 9.45 Å². The lowest BCUT2D eigenvalue weighted by molar-refractivity contribution is 0.927. The van der Waals surface area contributed by atoms with Crippen molar-refractivity contribution in [2.45, 2.75) is 19.8 Å². The van der Waals surface area contributed by atoms with Crippen molar-refractivity contribution in [3.8, 4) is 0 Å². The minimum Gasteiger partial charge on any atom is -0.127 e. The van der Waals surface area contributed by atoms with Gasteiger partial charge in [-0.25, -0.2) is 0 Å². The average molecular weight is 295 g/mol. The maximum atomic E-state index is 5.62. The molecule has 0 aliphatic rings. The van der Waals surface area contributed by atoms with Crippen molar-refractivity contribution in [2.24, 2.45) is 0 Å². The molecule has 0 atom stereocenters. The third-order valence-electron chi connectivity index (χ3n) is 1.84. The summed E-state index contributed by atoms with van der Waals surface area (Å²) in [7, 11) is 0. The van der Waals surface area contributed by atoms with E-state index in [2.05, 4.69) is 47.7 Å². The molecule has 1 aromatic rings. The Bertz CT molecular complexity index is 258. The zero-order valence-corrected chi connectivity index (χ0v) is 10.0. The van der Waals surface area contributed by atoms with Gasteiger partial charge in [0.25, 0.3) is 0 Å². The molecule has 12 heavy (non-hydrogen) atoms. The summed E-state index contributed by atoms with van der Waals surface area (Å²) in [4.78, 5) is 0. The van der Waals surface area contributed by atoms with Gasteiger partial charge in [0.05, 0.1) is 0 Å². The Morgan fingerprint density at radius 2 is 2.17 bits per heavy atom. The lowest BCUT2D eigenvalue weighted by atomic mass is 10.1. The fourth-order valence-corrected chi connectivity index (χ4v) is 1.78. The summed E-state index contributed by atoms with van der Waals surface area (Å²) in [5, 5.41) is 0. The first-order valence-corrected chi connectivity index (χ1v) is 5.66. The van der Waals surface area contributed by atoms with Crippen molar-refractivity contribution in [1.29, 1.82) is 0 Å². The summed E-state index contributed by atoms with van der Waals surface area (Å²) in [6.07, 6.45) is 2.17. The van der Waals surface area contributed by atoms with Crippen LogP contribution >= 0.6 is 34.2 Å². The Hall–Kier alpha value is 0.240. The Kier molecular flexibility index (Phi) is 4.36. The zero-order chi connectivity index (χ0) is 8.97. The van der Waals surface area contributed by atoms with E-state index in [1.165, 1.54) is 14.7 Å². The van der Waals surface area contributed by atoms with Crippen molar-refractivity contribution in [1.82, 2.24) is 0 Å². The molecule has 0 bridgehead atoms. The topological polar surface area (TPSA) is 0 Å². The number of aryl methyl sites for hydroxylation is 2. The van der Waals surface area contributed by atoms with E-state index in [1.807, 2.05) is 0 Å². The molecule has 0 spiro atoms. The molecule has 0 aliphatic carbocycles. The Balaban J connectivity index is 2.69. The van der Waals surface area contributed by atoms with Gasteiger partial charge in [-0.15, -0.1) is 11.6 Å². The van der Waals surface area contributed by atoms with Crippen LogP contribution in [0, 0.1) is 10.5 Å². The third kappa shape index (κ3) is 2.94. The first-order valence-electron chi connectivity index (χ1n) is 4.05. The second-order valence-electron chi connectivity index (χ2n) is 2.88. The summed E-state index contributed by atoms with van der Waals surface area (Å²) in [6, 6.07) is 6.60. The molecule has 0 aromatic heterocycles. The van der Waals surface area contributed by atoms with E-state index in [0.29, 0.717) is 0 Å². The number of rotatable bonds is 3. The minimum absolute atomic E-state index is 0.754. The first kappa shape index (κ1) is 10.3. The van der Waals surface area contributed by atoms with E-state index in [4.69, 9.17) is 11.6 Å². The maximum absolute atomic E-state index is 5.62. The van der Waals surface area contributed by atoms with Crippen LogP contribution in [0.4, 0.5) is 0 Å². The molecule has 0 amide bonds. The van der Waals surface area contributed by atoms with Crippen LogP contribution in [0.2, 0.25) is 0 Å². The molecule has 0 heterocycles. The maximum Gasteiger partial charge on any atom is 0.0226 e. The molecular formula is C10H12ClI. The lowest BCUT2D eigenvalue weighted by Gasteiger charge is -2.02. The zero-order valence-electron chi connectivity index (χ0n) is 7.11. The van der Waals surface area contributed by atoms with Gasteiger partial charge in [0.2, 0.25) is 0 Å². The van der Waals surface area contributed by atoms with Crippen molar-refractivity contribution in [2.75, 3.05) is 5.88 Å². The highest BCUT2D eigenvalue weighted by Gasteiger charge is 1.96. The van der Waals surface area contributed by atoms with Crippen molar-refractivity contribution in [3.05, 3.63) is 32.9 Å². The van der Waals surface area contributed by atoms with E-state index in [-0.39, 0.29) is 0 Å². The monoisotopic (exact) mass is 294 g/mol. The van der Waals surface area contributed by atoms with E-state index >= 15 is 0 Å². The van der Waals surface area contributed by atoms with Crippen LogP contribution in [-0.2, 0) is 6.42 Å². The predicted octanol–water partition coefficient (Wildman–Crippen LogP) is 3.77. The second-order valence-corrected chi connectivity index (χ2v) is 4.42. The third-order valence-corrected chi connectivity index (χ3v) is 3.26. The van der Waals surface area contributed by atoms with E-state index < -0.39 is 0 Å². The highest BCUT2D eigenvalue weighted by molar-refractivity contribution is 14.1. The number of halogens is 2. The van der Waals surface area contributed by atoms with Crippen LogP contribution < -0.4 is 0 Å². The number of alkyl halides is 1. The normalized spacial score (nSPS) is 10.2. The molecule has 0 fully saturated rings. The highest BCUT2D eigenvalue weighted by Crippen LogP contribution is 2.14. The molecule has 0 radical (unpaired) electrons. The molecule has 0 unspecified atom stereocenters. The summed E-state index contributed by atoms with van der Waals surface area (Å²) >= 11 is 7.99. The number of hydrogen-bond acceptors (Lipinski definition) is 0. The predicted molar refractivity (Wildman–Crippen MR) is 62.9 cm³/mol. The van der Waals surface area contributed by atoms with E-state index in [1.54, 1.807) is 0 Å². The van der Waals surface area contributed by atoms with Crippen molar-refractivity contribution in [3.63, 3.8) is 0 Å². The van der Waals surface area contributed by atoms with Gasteiger partial charge >= 0.3 is 0 Å². The number of hydrogen-bond donors (Lipinski definition) is 0. The molecule has 1 aromatic carbocycles. The summed E-state index contributed by atoms with van der Waals surface area (Å²) in [5.41, 5.74) is 2.75. The molecule has 66 valence electrons. The molecule has 0 aliphatic heterocycles. The van der Waals surface area contributed by atoms with Gasteiger partial charge in [-0.2, -0.15) is 0 Å². The van der Waals surface area contributed by atoms with E-state index in [9.17, 15) is 0 Å². The molecule has 1 rings (SSSR count). The molecule has 0 saturated carbocycles. The Morgan fingerprint density at radius 1 is 1.42 bits per heavy atom. The fraction of sp³-hybridized carbons (Fsp3) is 0.400. The van der Waals surface area contributed by atoms with Crippen LogP contribution in [0.5, 0.6) is 0 Å². The molecule has 0 N–H and O–H groups in total. The van der Waals surface area contributed by atoms with Crippen molar-refractivity contribution >= 4 is 34.2 Å². The molecular weight excluding hydrogens is 282 g/mol. The molecule has 2 heteroatoms. The lowest BCUT2D eigenvalue weighted by Crippen LogP contribution is -1.88. The Labute approximate surface area is 92.5 Å². The smallest absolute Gasteiger partial charge is 0.0226 e. The van der Waals surface area contributed by atoms with Gasteiger partial charge < -0.3 is 0 Å². The summed E-state index contributed by atoms with van der Waals surface area (Å²) in [6.45, 7) is 2.13. The van der Waals surface area contributed by atoms with Gasteiger partial charge in [0.15, 0.2) is 0 Å². The second kappa shape index (κ2) is 5.07. The van der Waals surface area contributed by atoms with Gasteiger partial charge in [0.1, 0.15) is 0 Å². The van der Waals surface area contributed by atoms with Gasteiger partial charge in [-0.1, -0.05) is 12.1 Å². The van der Waals surface area contributed by atoms with Crippen LogP contribution in [0.3, 0.4) is 0 Å². The standard InChI is InChI=1S/C10H12ClI/c1-8-4-5-9(3-2-6-11)7-10(8)12/h4-5,7H,2-3,6H2,1H3. The van der Waals surface area contributed by atoms with Crippen LogP contribution in [0.25, 0.3) is 0 Å². The quantitative estimate of drug-likeness (QED) is 0.588. The summed E-state index contributed by atoms with van der Waals surface area (Å²) < 4.78 is 1.35. The van der Waals surface area contributed by atoms with Crippen LogP contribution in [-0.4, -0.2) is 5.88 Å². The van der Waals surface area contributed by atoms with E-state index in [0.717, 1.165) is 18.7 Å². The van der Waals surface area contributed by atoms with Crippen LogP contribution in [0.15, 0.2) is 18.2 Å².